The molecule has 138 valence electrons. The summed E-state index contributed by atoms with van der Waals surface area (Å²) in [6.45, 7) is 0.148. The molecule has 28 heavy (non-hydrogen) atoms. The fourth-order valence-corrected chi connectivity index (χ4v) is 2.99. The smallest absolute Gasteiger partial charge is 0.266 e. The number of hydrogen-bond donors (Lipinski definition) is 2. The molecule has 1 aromatic heterocycles. The molecule has 0 unspecified atom stereocenters. The van der Waals surface area contributed by atoms with Crippen LogP contribution in [-0.4, -0.2) is 22.9 Å². The predicted molar refractivity (Wildman–Crippen MR) is 107 cm³/mol. The molecule has 7 nitrogen and oxygen atoms in total. The van der Waals surface area contributed by atoms with Crippen LogP contribution in [0, 0.1) is 11.3 Å². The summed E-state index contributed by atoms with van der Waals surface area (Å²) in [5.41, 5.74) is 2.71. The molecule has 0 saturated heterocycles. The molecule has 1 aliphatic heterocycles. The molecule has 0 saturated carbocycles. The first-order valence-electron chi connectivity index (χ1n) is 8.26. The van der Waals surface area contributed by atoms with E-state index in [1.54, 1.807) is 24.4 Å². The van der Waals surface area contributed by atoms with Gasteiger partial charge in [0.2, 0.25) is 6.79 Å². The lowest BCUT2D eigenvalue weighted by Gasteiger charge is -2.06. The maximum absolute atomic E-state index is 12.6. The standard InChI is InChI=1S/C20H13BrN4O3/c21-15-3-1-12(2-4-15)19-14(10-23-25-19)7-13(9-22)20(26)24-16-5-6-17-18(8-16)28-11-27-17/h1-8,10H,11H2,(H,23,25)(H,24,26)/b13-7+. The average molecular weight is 437 g/mol. The van der Waals surface area contributed by atoms with Crippen LogP contribution in [0.25, 0.3) is 17.3 Å². The number of fused-ring (bicyclic) bond motifs is 1. The topological polar surface area (TPSA) is 100 Å². The highest BCUT2D eigenvalue weighted by molar-refractivity contribution is 9.10. The lowest BCUT2D eigenvalue weighted by atomic mass is 10.1. The summed E-state index contributed by atoms with van der Waals surface area (Å²) in [5.74, 6) is 0.642. The molecule has 0 radical (unpaired) electrons. The number of anilines is 1. The van der Waals surface area contributed by atoms with E-state index in [0.717, 1.165) is 15.7 Å². The molecule has 0 fully saturated rings. The summed E-state index contributed by atoms with van der Waals surface area (Å²) < 4.78 is 11.5. The average Bonchev–Trinajstić information content (AvgIpc) is 3.35. The predicted octanol–water partition coefficient (Wildman–Crippen LogP) is 4.11. The number of nitrogens with zero attached hydrogens (tertiary/aromatic N) is 2. The van der Waals surface area contributed by atoms with Crippen LogP contribution in [-0.2, 0) is 4.79 Å². The zero-order valence-electron chi connectivity index (χ0n) is 14.4. The summed E-state index contributed by atoms with van der Waals surface area (Å²) in [7, 11) is 0. The van der Waals surface area contributed by atoms with Gasteiger partial charge in [-0.1, -0.05) is 28.1 Å². The van der Waals surface area contributed by atoms with Crippen LogP contribution >= 0.6 is 15.9 Å². The second kappa shape index (κ2) is 7.58. The van der Waals surface area contributed by atoms with Gasteiger partial charge >= 0.3 is 0 Å². The number of carbonyl (C=O) groups is 1. The quantitative estimate of drug-likeness (QED) is 0.473. The van der Waals surface area contributed by atoms with Crippen LogP contribution < -0.4 is 14.8 Å². The summed E-state index contributed by atoms with van der Waals surface area (Å²) in [5, 5.41) is 19.1. The van der Waals surface area contributed by atoms with Gasteiger partial charge in [-0.15, -0.1) is 0 Å². The molecule has 3 aromatic rings. The Hall–Kier alpha value is -3.57. The zero-order chi connectivity index (χ0) is 19.5. The molecule has 0 atom stereocenters. The van der Waals surface area contributed by atoms with Gasteiger partial charge in [-0.25, -0.2) is 0 Å². The van der Waals surface area contributed by atoms with Gasteiger partial charge in [-0.05, 0) is 30.3 Å². The van der Waals surface area contributed by atoms with Gasteiger partial charge in [0, 0.05) is 27.4 Å². The van der Waals surface area contributed by atoms with E-state index in [9.17, 15) is 10.1 Å². The highest BCUT2D eigenvalue weighted by Crippen LogP contribution is 2.34. The number of carbonyl (C=O) groups excluding carboxylic acids is 1. The van der Waals surface area contributed by atoms with Gasteiger partial charge in [0.25, 0.3) is 5.91 Å². The fraction of sp³-hybridized carbons (Fsp3) is 0.0500. The number of amides is 1. The molecule has 2 heterocycles. The molecule has 0 aliphatic carbocycles. The second-order valence-corrected chi connectivity index (χ2v) is 6.81. The summed E-state index contributed by atoms with van der Waals surface area (Å²) in [4.78, 5) is 12.6. The highest BCUT2D eigenvalue weighted by Gasteiger charge is 2.16. The van der Waals surface area contributed by atoms with Crippen LogP contribution in [0.1, 0.15) is 5.56 Å². The van der Waals surface area contributed by atoms with Crippen molar-refractivity contribution in [2.45, 2.75) is 0 Å². The number of nitriles is 1. The van der Waals surface area contributed by atoms with Crippen molar-refractivity contribution < 1.29 is 14.3 Å². The van der Waals surface area contributed by atoms with E-state index < -0.39 is 5.91 Å². The zero-order valence-corrected chi connectivity index (χ0v) is 16.0. The molecule has 0 spiro atoms. The number of benzene rings is 2. The molecule has 2 N–H and O–H groups in total. The Labute approximate surface area is 168 Å². The van der Waals surface area contributed by atoms with E-state index in [4.69, 9.17) is 9.47 Å². The van der Waals surface area contributed by atoms with E-state index in [1.807, 2.05) is 30.3 Å². The third-order valence-electron chi connectivity index (χ3n) is 4.10. The summed E-state index contributed by atoms with van der Waals surface area (Å²) >= 11 is 3.40. The van der Waals surface area contributed by atoms with Gasteiger partial charge in [0.05, 0.1) is 11.9 Å². The van der Waals surface area contributed by atoms with Crippen molar-refractivity contribution in [3.05, 3.63) is 64.3 Å². The number of aromatic amines is 1. The number of aromatic nitrogens is 2. The van der Waals surface area contributed by atoms with Crippen molar-refractivity contribution in [3.63, 3.8) is 0 Å². The minimum atomic E-state index is -0.524. The SMILES string of the molecule is N#C/C(=C\c1cn[nH]c1-c1ccc(Br)cc1)C(=O)Nc1ccc2c(c1)OCO2. The maximum atomic E-state index is 12.6. The van der Waals surface area contributed by atoms with Gasteiger partial charge in [-0.3, -0.25) is 9.89 Å². The van der Waals surface area contributed by atoms with Crippen molar-refractivity contribution in [2.75, 3.05) is 12.1 Å². The third kappa shape index (κ3) is 3.61. The van der Waals surface area contributed by atoms with Gasteiger partial charge in [-0.2, -0.15) is 10.4 Å². The largest absolute Gasteiger partial charge is 0.454 e. The molecular formula is C20H13BrN4O3. The number of nitrogens with one attached hydrogen (secondary N) is 2. The number of hydrogen-bond acceptors (Lipinski definition) is 5. The highest BCUT2D eigenvalue weighted by atomic mass is 79.9. The monoisotopic (exact) mass is 436 g/mol. The molecule has 8 heteroatoms. The number of H-pyrrole nitrogens is 1. The van der Waals surface area contributed by atoms with Crippen molar-refractivity contribution >= 4 is 33.6 Å². The van der Waals surface area contributed by atoms with Crippen molar-refractivity contribution in [1.82, 2.24) is 10.2 Å². The summed E-state index contributed by atoms with van der Waals surface area (Å²) in [6, 6.07) is 14.6. The first kappa shape index (κ1) is 17.8. The van der Waals surface area contributed by atoms with Crippen LogP contribution in [0.4, 0.5) is 5.69 Å². The van der Waals surface area contributed by atoms with E-state index in [1.165, 1.54) is 6.08 Å². The second-order valence-electron chi connectivity index (χ2n) is 5.90. The molecule has 0 bridgehead atoms. The molecule has 1 amide bonds. The molecule has 1 aliphatic rings. The van der Waals surface area contributed by atoms with Crippen LogP contribution in [0.15, 0.2) is 58.7 Å². The lowest BCUT2D eigenvalue weighted by molar-refractivity contribution is -0.112. The van der Waals surface area contributed by atoms with Crippen molar-refractivity contribution in [1.29, 1.82) is 5.26 Å². The van der Waals surface area contributed by atoms with Gasteiger partial charge < -0.3 is 14.8 Å². The Morgan fingerprint density at radius 1 is 1.21 bits per heavy atom. The Morgan fingerprint density at radius 3 is 2.79 bits per heavy atom. The Kier molecular flexibility index (Phi) is 4.83. The maximum Gasteiger partial charge on any atom is 0.266 e. The van der Waals surface area contributed by atoms with Crippen LogP contribution in [0.5, 0.6) is 11.5 Å². The van der Waals surface area contributed by atoms with Crippen LogP contribution in [0.2, 0.25) is 0 Å². The van der Waals surface area contributed by atoms with Gasteiger partial charge in [0.15, 0.2) is 11.5 Å². The van der Waals surface area contributed by atoms with E-state index in [-0.39, 0.29) is 12.4 Å². The Bertz CT molecular complexity index is 1110. The number of ether oxygens (including phenoxy) is 2. The van der Waals surface area contributed by atoms with Crippen molar-refractivity contribution in [2.24, 2.45) is 0 Å². The van der Waals surface area contributed by atoms with E-state index >= 15 is 0 Å². The number of halogens is 1. The van der Waals surface area contributed by atoms with E-state index in [2.05, 4.69) is 31.4 Å². The normalized spacial score (nSPS) is 12.5. The first-order valence-corrected chi connectivity index (χ1v) is 9.05. The first-order chi connectivity index (χ1) is 13.6. The minimum Gasteiger partial charge on any atom is -0.454 e. The third-order valence-corrected chi connectivity index (χ3v) is 4.63. The molecular weight excluding hydrogens is 424 g/mol. The molecule has 4 rings (SSSR count). The molecule has 2 aromatic carbocycles. The Morgan fingerprint density at radius 2 is 2.00 bits per heavy atom. The Balaban J connectivity index is 1.58. The van der Waals surface area contributed by atoms with E-state index in [0.29, 0.717) is 22.7 Å². The summed E-state index contributed by atoms with van der Waals surface area (Å²) in [6.07, 6.45) is 3.08. The van der Waals surface area contributed by atoms with Crippen molar-refractivity contribution in [3.8, 4) is 28.8 Å². The minimum absolute atomic E-state index is 0.0440. The lowest BCUT2D eigenvalue weighted by Crippen LogP contribution is -2.13. The van der Waals surface area contributed by atoms with Crippen LogP contribution in [0.3, 0.4) is 0 Å². The number of rotatable bonds is 4. The fourth-order valence-electron chi connectivity index (χ4n) is 2.73. The van der Waals surface area contributed by atoms with Gasteiger partial charge in [0.1, 0.15) is 11.6 Å².